The average Bonchev–Trinajstić information content (AvgIpc) is 2.64. The van der Waals surface area contributed by atoms with Crippen LogP contribution >= 0.6 is 15.9 Å². The number of aliphatic hydroxyl groups excluding tert-OH is 1. The van der Waals surface area contributed by atoms with Crippen LogP contribution in [0.3, 0.4) is 0 Å². The van der Waals surface area contributed by atoms with Crippen LogP contribution in [0.5, 0.6) is 0 Å². The quantitative estimate of drug-likeness (QED) is 0.922. The first-order valence-corrected chi connectivity index (χ1v) is 5.33. The number of hydrogen-bond donors (Lipinski definition) is 1. The van der Waals surface area contributed by atoms with Crippen LogP contribution in [0.15, 0.2) is 27.2 Å². The molecule has 0 aliphatic rings. The number of aliphatic hydroxyl groups is 1. The van der Waals surface area contributed by atoms with Gasteiger partial charge < -0.3 is 9.63 Å². The molecule has 1 N–H and O–H groups in total. The van der Waals surface area contributed by atoms with Crippen molar-refractivity contribution in [1.29, 1.82) is 0 Å². The minimum Gasteiger partial charge on any atom is -0.385 e. The summed E-state index contributed by atoms with van der Waals surface area (Å²) < 4.78 is 18.6. The molecule has 2 rings (SSSR count). The Morgan fingerprint density at radius 2 is 2.19 bits per heavy atom. The number of nitrogens with zero attached hydrogens (tertiary/aromatic N) is 2. The van der Waals surface area contributed by atoms with Gasteiger partial charge in [-0.05, 0) is 25.1 Å². The Labute approximate surface area is 99.2 Å². The fourth-order valence-corrected chi connectivity index (χ4v) is 1.66. The molecule has 0 saturated heterocycles. The van der Waals surface area contributed by atoms with Crippen molar-refractivity contribution in [2.45, 2.75) is 13.0 Å². The second-order valence-electron chi connectivity index (χ2n) is 3.29. The van der Waals surface area contributed by atoms with Crippen LogP contribution < -0.4 is 0 Å². The Kier molecular flexibility index (Phi) is 3.02. The topological polar surface area (TPSA) is 59.2 Å². The molecule has 0 radical (unpaired) electrons. The van der Waals surface area contributed by atoms with Crippen molar-refractivity contribution in [2.75, 3.05) is 0 Å². The zero-order chi connectivity index (χ0) is 11.7. The molecule has 16 heavy (non-hydrogen) atoms. The predicted octanol–water partition coefficient (Wildman–Crippen LogP) is 2.69. The van der Waals surface area contributed by atoms with E-state index in [9.17, 15) is 9.50 Å². The van der Waals surface area contributed by atoms with Crippen LogP contribution in [0.25, 0.3) is 11.5 Å². The number of benzene rings is 1. The van der Waals surface area contributed by atoms with Gasteiger partial charge in [-0.15, -0.1) is 0 Å². The molecular formula is C10H8BrFN2O2. The van der Waals surface area contributed by atoms with Gasteiger partial charge in [0.1, 0.15) is 11.9 Å². The lowest BCUT2D eigenvalue weighted by Crippen LogP contribution is -1.93. The van der Waals surface area contributed by atoms with Crippen LogP contribution in [-0.2, 0) is 0 Å². The van der Waals surface area contributed by atoms with Crippen molar-refractivity contribution >= 4 is 15.9 Å². The molecule has 0 bridgehead atoms. The minimum absolute atomic E-state index is 0.176. The van der Waals surface area contributed by atoms with Gasteiger partial charge in [0.25, 0.3) is 5.89 Å². The van der Waals surface area contributed by atoms with Crippen LogP contribution in [0, 0.1) is 5.82 Å². The van der Waals surface area contributed by atoms with Gasteiger partial charge in [0.05, 0.1) is 0 Å². The van der Waals surface area contributed by atoms with E-state index in [1.54, 1.807) is 6.07 Å². The molecule has 4 nitrogen and oxygen atoms in total. The van der Waals surface area contributed by atoms with Crippen molar-refractivity contribution in [2.24, 2.45) is 0 Å². The van der Waals surface area contributed by atoms with Gasteiger partial charge in [0.2, 0.25) is 0 Å². The third-order valence-electron chi connectivity index (χ3n) is 1.92. The van der Waals surface area contributed by atoms with Gasteiger partial charge in [-0.2, -0.15) is 4.98 Å². The second kappa shape index (κ2) is 4.31. The third-order valence-corrected chi connectivity index (χ3v) is 2.38. The van der Waals surface area contributed by atoms with E-state index in [0.717, 1.165) is 0 Å². The highest BCUT2D eigenvalue weighted by Gasteiger charge is 2.13. The molecule has 2 aromatic rings. The van der Waals surface area contributed by atoms with Crippen LogP contribution in [-0.4, -0.2) is 15.2 Å². The van der Waals surface area contributed by atoms with E-state index in [1.807, 2.05) is 0 Å². The van der Waals surface area contributed by atoms with E-state index in [4.69, 9.17) is 4.52 Å². The van der Waals surface area contributed by atoms with E-state index in [0.29, 0.717) is 10.0 Å². The van der Waals surface area contributed by atoms with Crippen molar-refractivity contribution in [3.05, 3.63) is 34.3 Å². The summed E-state index contributed by atoms with van der Waals surface area (Å²) in [6, 6.07) is 4.27. The molecule has 84 valence electrons. The second-order valence-corrected chi connectivity index (χ2v) is 4.21. The van der Waals surface area contributed by atoms with Crippen LogP contribution in [0.4, 0.5) is 4.39 Å². The Balaban J connectivity index is 2.42. The fourth-order valence-electron chi connectivity index (χ4n) is 1.20. The standard InChI is InChI=1S/C10H8BrFN2O2/c1-5(15)9-13-10(16-14-9)6-2-7(11)4-8(12)3-6/h2-5,15H,1H3. The van der Waals surface area contributed by atoms with E-state index in [1.165, 1.54) is 19.1 Å². The zero-order valence-electron chi connectivity index (χ0n) is 8.32. The summed E-state index contributed by atoms with van der Waals surface area (Å²) >= 11 is 3.17. The Morgan fingerprint density at radius 3 is 2.75 bits per heavy atom. The summed E-state index contributed by atoms with van der Waals surface area (Å²) in [5.74, 6) is -0.0485. The average molecular weight is 287 g/mol. The van der Waals surface area contributed by atoms with E-state index in [2.05, 4.69) is 26.1 Å². The smallest absolute Gasteiger partial charge is 0.258 e. The molecule has 6 heteroatoms. The molecule has 0 spiro atoms. The molecule has 1 heterocycles. The highest BCUT2D eigenvalue weighted by Crippen LogP contribution is 2.24. The summed E-state index contributed by atoms with van der Waals surface area (Å²) in [6.07, 6.45) is -0.811. The molecule has 0 aliphatic heterocycles. The first kappa shape index (κ1) is 11.2. The van der Waals surface area contributed by atoms with E-state index in [-0.39, 0.29) is 11.7 Å². The molecule has 0 aliphatic carbocycles. The Hall–Kier alpha value is -1.27. The molecule has 1 aromatic carbocycles. The first-order chi connectivity index (χ1) is 7.56. The summed E-state index contributed by atoms with van der Waals surface area (Å²) in [5.41, 5.74) is 0.464. The molecule has 0 fully saturated rings. The maximum absolute atomic E-state index is 13.1. The summed E-state index contributed by atoms with van der Waals surface area (Å²) in [7, 11) is 0. The summed E-state index contributed by atoms with van der Waals surface area (Å²) in [6.45, 7) is 1.52. The van der Waals surface area contributed by atoms with Crippen molar-refractivity contribution in [3.63, 3.8) is 0 Å². The third kappa shape index (κ3) is 2.28. The lowest BCUT2D eigenvalue weighted by Gasteiger charge is -1.96. The monoisotopic (exact) mass is 286 g/mol. The van der Waals surface area contributed by atoms with Crippen LogP contribution in [0.1, 0.15) is 18.9 Å². The maximum atomic E-state index is 13.1. The predicted molar refractivity (Wildman–Crippen MR) is 58.0 cm³/mol. The van der Waals surface area contributed by atoms with Gasteiger partial charge in [-0.1, -0.05) is 21.1 Å². The highest BCUT2D eigenvalue weighted by atomic mass is 79.9. The molecule has 1 aromatic heterocycles. The number of halogens is 2. The van der Waals surface area contributed by atoms with Crippen molar-refractivity contribution in [3.8, 4) is 11.5 Å². The van der Waals surface area contributed by atoms with Gasteiger partial charge in [-0.3, -0.25) is 0 Å². The molecular weight excluding hydrogens is 279 g/mol. The van der Waals surface area contributed by atoms with E-state index < -0.39 is 11.9 Å². The minimum atomic E-state index is -0.811. The largest absolute Gasteiger partial charge is 0.385 e. The summed E-state index contributed by atoms with van der Waals surface area (Å²) in [5, 5.41) is 12.8. The van der Waals surface area contributed by atoms with Gasteiger partial charge in [0, 0.05) is 10.0 Å². The molecule has 0 saturated carbocycles. The van der Waals surface area contributed by atoms with Gasteiger partial charge in [-0.25, -0.2) is 4.39 Å². The lowest BCUT2D eigenvalue weighted by atomic mass is 10.2. The van der Waals surface area contributed by atoms with Crippen LogP contribution in [0.2, 0.25) is 0 Å². The Bertz CT molecular complexity index is 493. The SMILES string of the molecule is CC(O)c1noc(-c2cc(F)cc(Br)c2)n1. The maximum Gasteiger partial charge on any atom is 0.258 e. The number of hydrogen-bond acceptors (Lipinski definition) is 4. The van der Waals surface area contributed by atoms with E-state index >= 15 is 0 Å². The van der Waals surface area contributed by atoms with Gasteiger partial charge in [0.15, 0.2) is 5.82 Å². The number of rotatable bonds is 2. The fraction of sp³-hybridized carbons (Fsp3) is 0.200. The van der Waals surface area contributed by atoms with Crippen molar-refractivity contribution < 1.29 is 14.0 Å². The normalized spacial score (nSPS) is 12.8. The Morgan fingerprint density at radius 1 is 1.44 bits per heavy atom. The molecule has 1 atom stereocenters. The highest BCUT2D eigenvalue weighted by molar-refractivity contribution is 9.10. The van der Waals surface area contributed by atoms with Gasteiger partial charge >= 0.3 is 0 Å². The van der Waals surface area contributed by atoms with Crippen molar-refractivity contribution in [1.82, 2.24) is 10.1 Å². The number of aromatic nitrogens is 2. The summed E-state index contributed by atoms with van der Waals surface area (Å²) in [4.78, 5) is 3.95. The molecule has 0 amide bonds. The zero-order valence-corrected chi connectivity index (χ0v) is 9.90. The molecule has 1 unspecified atom stereocenters. The lowest BCUT2D eigenvalue weighted by molar-refractivity contribution is 0.184. The first-order valence-electron chi connectivity index (χ1n) is 4.54.